The molecule has 2 rings (SSSR count). The van der Waals surface area contributed by atoms with Crippen LogP contribution in [0.2, 0.25) is 0 Å². The summed E-state index contributed by atoms with van der Waals surface area (Å²) in [5.41, 5.74) is 6.53. The number of ketones is 1. The second-order valence-corrected chi connectivity index (χ2v) is 5.14. The molecule has 0 atom stereocenters. The first-order chi connectivity index (χ1) is 9.69. The van der Waals surface area contributed by atoms with Crippen LogP contribution in [0.4, 0.5) is 10.5 Å². The van der Waals surface area contributed by atoms with Gasteiger partial charge in [0, 0.05) is 17.3 Å². The van der Waals surface area contributed by atoms with Gasteiger partial charge in [0.05, 0.1) is 6.54 Å². The van der Waals surface area contributed by atoms with Crippen molar-refractivity contribution in [1.82, 2.24) is 5.32 Å². The molecule has 0 spiro atoms. The Kier molecular flexibility index (Phi) is 5.12. The fraction of sp³-hybridized carbons (Fsp3) is 0.467. The zero-order chi connectivity index (χ0) is 14.4. The average Bonchev–Trinajstić information content (AvgIpc) is 2.48. The van der Waals surface area contributed by atoms with Crippen LogP contribution >= 0.6 is 0 Å². The van der Waals surface area contributed by atoms with Crippen molar-refractivity contribution in [3.8, 4) is 0 Å². The maximum absolute atomic E-state index is 11.8. The van der Waals surface area contributed by atoms with E-state index in [1.54, 1.807) is 24.3 Å². The van der Waals surface area contributed by atoms with Gasteiger partial charge < -0.3 is 16.4 Å². The summed E-state index contributed by atoms with van der Waals surface area (Å²) in [5, 5.41) is 5.76. The molecule has 0 aromatic heterocycles. The number of nitrogens with two attached hydrogens (primary N) is 1. The fourth-order valence-electron chi connectivity index (χ4n) is 2.46. The van der Waals surface area contributed by atoms with Crippen LogP contribution in [0.25, 0.3) is 0 Å². The summed E-state index contributed by atoms with van der Waals surface area (Å²) in [6.45, 7) is -0.00502. The van der Waals surface area contributed by atoms with Gasteiger partial charge in [-0.3, -0.25) is 4.79 Å². The number of carbonyl (C=O) groups is 2. The van der Waals surface area contributed by atoms with Gasteiger partial charge in [0.25, 0.3) is 0 Å². The summed E-state index contributed by atoms with van der Waals surface area (Å²) in [5.74, 6) is -0.108. The fourth-order valence-corrected chi connectivity index (χ4v) is 2.46. The van der Waals surface area contributed by atoms with Gasteiger partial charge in [-0.05, 0) is 37.1 Å². The van der Waals surface area contributed by atoms with E-state index in [1.807, 2.05) is 0 Å². The lowest BCUT2D eigenvalue weighted by atomic mass is 9.96. The summed E-state index contributed by atoms with van der Waals surface area (Å²) >= 11 is 0. The van der Waals surface area contributed by atoms with Gasteiger partial charge in [-0.25, -0.2) is 4.79 Å². The highest BCUT2D eigenvalue weighted by Gasteiger charge is 2.15. The van der Waals surface area contributed by atoms with Gasteiger partial charge in [0.1, 0.15) is 0 Å². The van der Waals surface area contributed by atoms with Gasteiger partial charge in [-0.1, -0.05) is 19.3 Å². The van der Waals surface area contributed by atoms with Crippen molar-refractivity contribution in [3.05, 3.63) is 29.8 Å². The molecule has 1 aliphatic carbocycles. The maximum atomic E-state index is 11.8. The predicted octanol–water partition coefficient (Wildman–Crippen LogP) is 2.28. The molecule has 0 saturated heterocycles. The molecule has 1 aromatic rings. The quantitative estimate of drug-likeness (QED) is 0.737. The third-order valence-corrected chi connectivity index (χ3v) is 3.59. The van der Waals surface area contributed by atoms with Crippen LogP contribution in [-0.4, -0.2) is 24.4 Å². The normalized spacial score (nSPS) is 15.7. The van der Waals surface area contributed by atoms with Crippen molar-refractivity contribution in [2.75, 3.05) is 11.9 Å². The van der Waals surface area contributed by atoms with Crippen LogP contribution in [0.3, 0.4) is 0 Å². The number of hydrogen-bond acceptors (Lipinski definition) is 3. The van der Waals surface area contributed by atoms with Crippen molar-refractivity contribution in [1.29, 1.82) is 0 Å². The van der Waals surface area contributed by atoms with E-state index in [0.29, 0.717) is 11.3 Å². The van der Waals surface area contributed by atoms with E-state index < -0.39 is 0 Å². The Morgan fingerprint density at radius 1 is 1.10 bits per heavy atom. The Hall–Kier alpha value is -1.88. The van der Waals surface area contributed by atoms with Gasteiger partial charge >= 0.3 is 6.03 Å². The van der Waals surface area contributed by atoms with Crippen molar-refractivity contribution in [3.63, 3.8) is 0 Å². The van der Waals surface area contributed by atoms with Gasteiger partial charge in [0.2, 0.25) is 0 Å². The number of anilines is 1. The highest BCUT2D eigenvalue weighted by atomic mass is 16.2. The third kappa shape index (κ3) is 4.06. The second-order valence-electron chi connectivity index (χ2n) is 5.14. The molecule has 5 heteroatoms. The SMILES string of the molecule is NCC(=O)c1ccc(NC(=O)NC2CCCCC2)cc1. The molecule has 1 aliphatic rings. The first-order valence-electron chi connectivity index (χ1n) is 7.10. The lowest BCUT2D eigenvalue weighted by Gasteiger charge is -2.22. The van der Waals surface area contributed by atoms with E-state index in [0.717, 1.165) is 12.8 Å². The number of rotatable bonds is 4. The Bertz CT molecular complexity index is 465. The van der Waals surface area contributed by atoms with Crippen molar-refractivity contribution >= 4 is 17.5 Å². The topological polar surface area (TPSA) is 84.2 Å². The maximum Gasteiger partial charge on any atom is 0.319 e. The summed E-state index contributed by atoms with van der Waals surface area (Å²) in [7, 11) is 0. The van der Waals surface area contributed by atoms with Crippen molar-refractivity contribution in [2.45, 2.75) is 38.1 Å². The molecule has 1 aromatic carbocycles. The molecule has 1 saturated carbocycles. The molecule has 0 unspecified atom stereocenters. The largest absolute Gasteiger partial charge is 0.335 e. The minimum atomic E-state index is -0.185. The van der Waals surface area contributed by atoms with Crippen molar-refractivity contribution in [2.24, 2.45) is 5.73 Å². The number of Topliss-reactive ketones (excluding diaryl/α,β-unsaturated/α-hetero) is 1. The lowest BCUT2D eigenvalue weighted by Crippen LogP contribution is -2.39. The Morgan fingerprint density at radius 3 is 2.35 bits per heavy atom. The first-order valence-corrected chi connectivity index (χ1v) is 7.10. The van der Waals surface area contributed by atoms with E-state index in [9.17, 15) is 9.59 Å². The average molecular weight is 275 g/mol. The van der Waals surface area contributed by atoms with Crippen LogP contribution in [0.1, 0.15) is 42.5 Å². The van der Waals surface area contributed by atoms with E-state index >= 15 is 0 Å². The molecule has 0 aliphatic heterocycles. The lowest BCUT2D eigenvalue weighted by molar-refractivity contribution is 0.100. The number of urea groups is 1. The molecule has 5 nitrogen and oxygen atoms in total. The minimum absolute atomic E-state index is 0.00502. The van der Waals surface area contributed by atoms with E-state index in [-0.39, 0.29) is 24.4 Å². The van der Waals surface area contributed by atoms with Crippen LogP contribution < -0.4 is 16.4 Å². The zero-order valence-electron chi connectivity index (χ0n) is 11.5. The summed E-state index contributed by atoms with van der Waals surface area (Å²) in [6.07, 6.45) is 5.73. The van der Waals surface area contributed by atoms with Crippen LogP contribution in [0, 0.1) is 0 Å². The number of carbonyl (C=O) groups excluding carboxylic acids is 2. The molecule has 1 fully saturated rings. The van der Waals surface area contributed by atoms with Crippen LogP contribution in [-0.2, 0) is 0 Å². The zero-order valence-corrected chi connectivity index (χ0v) is 11.5. The molecular weight excluding hydrogens is 254 g/mol. The molecule has 0 bridgehead atoms. The highest BCUT2D eigenvalue weighted by molar-refractivity contribution is 5.98. The molecule has 2 amide bonds. The standard InChI is InChI=1S/C15H21N3O2/c16-10-14(19)11-6-8-13(9-7-11)18-15(20)17-12-4-2-1-3-5-12/h6-9,12H,1-5,10,16H2,(H2,17,18,20). The number of benzene rings is 1. The molecule has 0 heterocycles. The molecule has 20 heavy (non-hydrogen) atoms. The summed E-state index contributed by atoms with van der Waals surface area (Å²) in [6, 6.07) is 6.86. The van der Waals surface area contributed by atoms with E-state index in [1.165, 1.54) is 19.3 Å². The molecular formula is C15H21N3O2. The minimum Gasteiger partial charge on any atom is -0.335 e. The summed E-state index contributed by atoms with van der Waals surface area (Å²) < 4.78 is 0. The Balaban J connectivity index is 1.85. The predicted molar refractivity (Wildman–Crippen MR) is 78.9 cm³/mol. The Labute approximate surface area is 118 Å². The van der Waals surface area contributed by atoms with Crippen LogP contribution in [0.15, 0.2) is 24.3 Å². The highest BCUT2D eigenvalue weighted by Crippen LogP contribution is 2.17. The third-order valence-electron chi connectivity index (χ3n) is 3.59. The molecule has 108 valence electrons. The monoisotopic (exact) mass is 275 g/mol. The van der Waals surface area contributed by atoms with E-state index in [4.69, 9.17) is 5.73 Å². The smallest absolute Gasteiger partial charge is 0.319 e. The Morgan fingerprint density at radius 2 is 1.75 bits per heavy atom. The van der Waals surface area contributed by atoms with E-state index in [2.05, 4.69) is 10.6 Å². The second kappa shape index (κ2) is 7.05. The number of hydrogen-bond donors (Lipinski definition) is 3. The van der Waals surface area contributed by atoms with Gasteiger partial charge in [0.15, 0.2) is 5.78 Å². The molecule has 0 radical (unpaired) electrons. The molecule has 4 N–H and O–H groups in total. The number of nitrogens with one attached hydrogen (secondary N) is 2. The first kappa shape index (κ1) is 14.5. The van der Waals surface area contributed by atoms with Gasteiger partial charge in [-0.15, -0.1) is 0 Å². The van der Waals surface area contributed by atoms with Crippen LogP contribution in [0.5, 0.6) is 0 Å². The number of amides is 2. The van der Waals surface area contributed by atoms with Crippen molar-refractivity contribution < 1.29 is 9.59 Å². The summed E-state index contributed by atoms with van der Waals surface area (Å²) in [4.78, 5) is 23.2. The van der Waals surface area contributed by atoms with Gasteiger partial charge in [-0.2, -0.15) is 0 Å².